The van der Waals surface area contributed by atoms with Gasteiger partial charge in [-0.1, -0.05) is 18.2 Å². The van der Waals surface area contributed by atoms with E-state index in [1.165, 1.54) is 5.01 Å². The van der Waals surface area contributed by atoms with Crippen LogP contribution in [-0.2, 0) is 13.0 Å². The van der Waals surface area contributed by atoms with Crippen LogP contribution in [0.5, 0.6) is 0 Å². The van der Waals surface area contributed by atoms with Crippen molar-refractivity contribution in [1.82, 2.24) is 20.1 Å². The standard InChI is InChI=1S/C16H18N4S/c1-13-12-21-16(18-13)7-9-17-11-14-8-10-20(19-14)15-5-3-2-4-6-15/h2-6,8,10,12,17H,7,9,11H2,1H3. The summed E-state index contributed by atoms with van der Waals surface area (Å²) in [7, 11) is 0. The molecule has 108 valence electrons. The Morgan fingerprint density at radius 3 is 2.81 bits per heavy atom. The van der Waals surface area contributed by atoms with Gasteiger partial charge in [0.15, 0.2) is 0 Å². The minimum Gasteiger partial charge on any atom is -0.311 e. The number of rotatable bonds is 6. The Morgan fingerprint density at radius 1 is 1.19 bits per heavy atom. The van der Waals surface area contributed by atoms with Gasteiger partial charge in [0.25, 0.3) is 0 Å². The summed E-state index contributed by atoms with van der Waals surface area (Å²) in [6.07, 6.45) is 2.97. The Labute approximate surface area is 128 Å². The van der Waals surface area contributed by atoms with Gasteiger partial charge in [-0.25, -0.2) is 9.67 Å². The minimum absolute atomic E-state index is 0.782. The number of hydrogen-bond donors (Lipinski definition) is 1. The fraction of sp³-hybridized carbons (Fsp3) is 0.250. The van der Waals surface area contributed by atoms with Crippen molar-refractivity contribution in [3.63, 3.8) is 0 Å². The number of thiazole rings is 1. The van der Waals surface area contributed by atoms with Gasteiger partial charge in [0, 0.05) is 36.8 Å². The van der Waals surface area contributed by atoms with Crippen LogP contribution in [0.15, 0.2) is 48.0 Å². The average molecular weight is 298 g/mol. The highest BCUT2D eigenvalue weighted by Crippen LogP contribution is 2.09. The number of aromatic nitrogens is 3. The van der Waals surface area contributed by atoms with E-state index in [1.54, 1.807) is 11.3 Å². The SMILES string of the molecule is Cc1csc(CCNCc2ccn(-c3ccccc3)n2)n1. The molecule has 0 fully saturated rings. The molecule has 0 bridgehead atoms. The van der Waals surface area contributed by atoms with Crippen molar-refractivity contribution in [2.24, 2.45) is 0 Å². The topological polar surface area (TPSA) is 42.7 Å². The van der Waals surface area contributed by atoms with Gasteiger partial charge in [0.1, 0.15) is 0 Å². The fourth-order valence-electron chi connectivity index (χ4n) is 2.11. The maximum atomic E-state index is 4.57. The summed E-state index contributed by atoms with van der Waals surface area (Å²) < 4.78 is 1.90. The summed E-state index contributed by atoms with van der Waals surface area (Å²) in [4.78, 5) is 4.46. The summed E-state index contributed by atoms with van der Waals surface area (Å²) in [6.45, 7) is 3.74. The number of para-hydroxylation sites is 1. The van der Waals surface area contributed by atoms with Crippen LogP contribution in [0.3, 0.4) is 0 Å². The molecule has 0 radical (unpaired) electrons. The lowest BCUT2D eigenvalue weighted by molar-refractivity contribution is 0.664. The van der Waals surface area contributed by atoms with Gasteiger partial charge in [-0.3, -0.25) is 0 Å². The molecule has 0 amide bonds. The zero-order valence-electron chi connectivity index (χ0n) is 12.0. The zero-order chi connectivity index (χ0) is 14.5. The van der Waals surface area contributed by atoms with Crippen molar-refractivity contribution in [3.05, 3.63) is 64.4 Å². The second-order valence-corrected chi connectivity index (χ2v) is 5.84. The van der Waals surface area contributed by atoms with E-state index in [4.69, 9.17) is 0 Å². The largest absolute Gasteiger partial charge is 0.311 e. The Kier molecular flexibility index (Phi) is 4.43. The van der Waals surface area contributed by atoms with Crippen molar-refractivity contribution >= 4 is 11.3 Å². The average Bonchev–Trinajstić information content (AvgIpc) is 3.14. The van der Waals surface area contributed by atoms with E-state index < -0.39 is 0 Å². The second kappa shape index (κ2) is 6.65. The Morgan fingerprint density at radius 2 is 2.05 bits per heavy atom. The molecule has 2 aromatic heterocycles. The second-order valence-electron chi connectivity index (χ2n) is 4.90. The normalized spacial score (nSPS) is 10.9. The van der Waals surface area contributed by atoms with Gasteiger partial charge in [-0.05, 0) is 25.1 Å². The van der Waals surface area contributed by atoms with Crippen LogP contribution in [0.1, 0.15) is 16.4 Å². The monoisotopic (exact) mass is 298 g/mol. The first-order valence-corrected chi connectivity index (χ1v) is 7.91. The molecule has 0 unspecified atom stereocenters. The summed E-state index contributed by atoms with van der Waals surface area (Å²) in [6, 6.07) is 12.2. The van der Waals surface area contributed by atoms with Crippen LogP contribution in [-0.4, -0.2) is 21.3 Å². The van der Waals surface area contributed by atoms with Crippen molar-refractivity contribution < 1.29 is 0 Å². The fourth-order valence-corrected chi connectivity index (χ4v) is 2.89. The summed E-state index contributed by atoms with van der Waals surface area (Å²) in [5, 5.41) is 11.3. The molecule has 0 aliphatic carbocycles. The lowest BCUT2D eigenvalue weighted by Crippen LogP contribution is -2.17. The lowest BCUT2D eigenvalue weighted by Gasteiger charge is -2.02. The van der Waals surface area contributed by atoms with E-state index in [0.717, 1.165) is 36.6 Å². The van der Waals surface area contributed by atoms with Crippen LogP contribution < -0.4 is 5.32 Å². The highest BCUT2D eigenvalue weighted by Gasteiger charge is 2.02. The predicted octanol–water partition coefficient (Wildman–Crippen LogP) is 2.97. The Hall–Kier alpha value is -1.98. The van der Waals surface area contributed by atoms with E-state index in [0.29, 0.717) is 0 Å². The maximum absolute atomic E-state index is 4.57. The molecule has 0 aliphatic rings. The van der Waals surface area contributed by atoms with E-state index in [1.807, 2.05) is 42.1 Å². The highest BCUT2D eigenvalue weighted by molar-refractivity contribution is 7.09. The van der Waals surface area contributed by atoms with Crippen molar-refractivity contribution in [2.75, 3.05) is 6.54 Å². The maximum Gasteiger partial charge on any atom is 0.0940 e. The van der Waals surface area contributed by atoms with E-state index in [-0.39, 0.29) is 0 Å². The number of nitrogens with zero attached hydrogens (tertiary/aromatic N) is 3. The summed E-state index contributed by atoms with van der Waals surface area (Å²) >= 11 is 1.73. The number of benzene rings is 1. The van der Waals surface area contributed by atoms with Crippen LogP contribution in [0.4, 0.5) is 0 Å². The van der Waals surface area contributed by atoms with Gasteiger partial charge in [-0.15, -0.1) is 11.3 Å². The third-order valence-electron chi connectivity index (χ3n) is 3.15. The molecular formula is C16H18N4S. The molecule has 3 aromatic rings. The zero-order valence-corrected chi connectivity index (χ0v) is 12.8. The van der Waals surface area contributed by atoms with Gasteiger partial charge in [-0.2, -0.15) is 5.10 Å². The predicted molar refractivity (Wildman–Crippen MR) is 85.8 cm³/mol. The molecule has 0 saturated heterocycles. The molecule has 21 heavy (non-hydrogen) atoms. The first kappa shape index (κ1) is 14.0. The van der Waals surface area contributed by atoms with Gasteiger partial charge in [0.2, 0.25) is 0 Å². The molecule has 5 heteroatoms. The minimum atomic E-state index is 0.782. The third kappa shape index (κ3) is 3.77. The van der Waals surface area contributed by atoms with Crippen LogP contribution >= 0.6 is 11.3 Å². The third-order valence-corrected chi connectivity index (χ3v) is 4.18. The number of nitrogens with one attached hydrogen (secondary N) is 1. The summed E-state index contributed by atoms with van der Waals surface area (Å²) in [5.41, 5.74) is 3.24. The smallest absolute Gasteiger partial charge is 0.0940 e. The molecule has 0 aliphatic heterocycles. The molecule has 1 aromatic carbocycles. The first-order chi connectivity index (χ1) is 10.3. The molecule has 0 saturated carbocycles. The van der Waals surface area contributed by atoms with Gasteiger partial charge in [0.05, 0.1) is 16.4 Å². The van der Waals surface area contributed by atoms with Crippen molar-refractivity contribution in [2.45, 2.75) is 19.9 Å². The molecule has 0 spiro atoms. The lowest BCUT2D eigenvalue weighted by atomic mass is 10.3. The van der Waals surface area contributed by atoms with Crippen LogP contribution in [0.2, 0.25) is 0 Å². The highest BCUT2D eigenvalue weighted by atomic mass is 32.1. The first-order valence-electron chi connectivity index (χ1n) is 7.03. The number of hydrogen-bond acceptors (Lipinski definition) is 4. The van der Waals surface area contributed by atoms with Crippen LogP contribution in [0.25, 0.3) is 5.69 Å². The quantitative estimate of drug-likeness (QED) is 0.711. The molecule has 1 N–H and O–H groups in total. The molecule has 4 nitrogen and oxygen atoms in total. The number of aryl methyl sites for hydroxylation is 1. The van der Waals surface area contributed by atoms with Gasteiger partial charge < -0.3 is 5.32 Å². The van der Waals surface area contributed by atoms with E-state index in [9.17, 15) is 0 Å². The van der Waals surface area contributed by atoms with Crippen LogP contribution in [0, 0.1) is 6.92 Å². The molecule has 3 rings (SSSR count). The molecule has 2 heterocycles. The Balaban J connectivity index is 1.49. The molecular weight excluding hydrogens is 280 g/mol. The van der Waals surface area contributed by atoms with Crippen molar-refractivity contribution in [3.8, 4) is 5.69 Å². The van der Waals surface area contributed by atoms with Gasteiger partial charge >= 0.3 is 0 Å². The van der Waals surface area contributed by atoms with E-state index >= 15 is 0 Å². The van der Waals surface area contributed by atoms with E-state index in [2.05, 4.69) is 32.9 Å². The summed E-state index contributed by atoms with van der Waals surface area (Å²) in [5.74, 6) is 0. The van der Waals surface area contributed by atoms with Crippen molar-refractivity contribution in [1.29, 1.82) is 0 Å². The Bertz CT molecular complexity index is 687. The molecule has 0 atom stereocenters.